The van der Waals surface area contributed by atoms with E-state index < -0.39 is 0 Å². The Kier molecular flexibility index (Phi) is 5.81. The van der Waals surface area contributed by atoms with Gasteiger partial charge in [0.1, 0.15) is 22.3 Å². The molecule has 0 radical (unpaired) electrons. The predicted octanol–water partition coefficient (Wildman–Crippen LogP) is 4.28. The molecule has 0 saturated carbocycles. The molecule has 0 saturated heterocycles. The summed E-state index contributed by atoms with van der Waals surface area (Å²) in [6, 6.07) is 6.86. The van der Waals surface area contributed by atoms with E-state index in [9.17, 15) is 9.59 Å². The molecule has 6 rings (SSSR count). The summed E-state index contributed by atoms with van der Waals surface area (Å²) in [7, 11) is 0. The molecule has 9 nitrogen and oxygen atoms in total. The molecule has 36 heavy (non-hydrogen) atoms. The average Bonchev–Trinajstić information content (AvgIpc) is 3.43. The molecule has 4 aromatic heterocycles. The standard InChI is InChI=1S/C25H23N5O4S2/c1-3-33-18-10-14(22-27-23(32)21-16-6-4-5-7-19(16)36-24(21)28-22)8-9-17(18)34-12-15-11-20(31)30-25(26-15)35-13(2)29-30/h8-11H,3-7,12H2,1-2H3,(H,27,28,32). The summed E-state index contributed by atoms with van der Waals surface area (Å²) in [4.78, 5) is 40.1. The number of nitrogens with zero attached hydrogens (tertiary/aromatic N) is 4. The van der Waals surface area contributed by atoms with Gasteiger partial charge in [0, 0.05) is 16.5 Å². The molecule has 0 amide bonds. The maximum atomic E-state index is 13.0. The van der Waals surface area contributed by atoms with Crippen LogP contribution < -0.4 is 20.6 Å². The lowest BCUT2D eigenvalue weighted by molar-refractivity contribution is 0.266. The molecule has 1 aliphatic rings. The lowest BCUT2D eigenvalue weighted by Gasteiger charge is -2.13. The molecule has 0 bridgehead atoms. The maximum absolute atomic E-state index is 13.0. The van der Waals surface area contributed by atoms with E-state index in [0.717, 1.165) is 46.5 Å². The first-order chi connectivity index (χ1) is 17.5. The second-order valence-corrected chi connectivity index (χ2v) is 10.8. The summed E-state index contributed by atoms with van der Waals surface area (Å²) in [6.45, 7) is 4.26. The van der Waals surface area contributed by atoms with Crippen LogP contribution in [0.1, 0.15) is 40.9 Å². The number of H-pyrrole nitrogens is 1. The molecule has 1 aliphatic carbocycles. The van der Waals surface area contributed by atoms with Gasteiger partial charge in [0.2, 0.25) is 4.96 Å². The number of fused-ring (bicyclic) bond motifs is 4. The Morgan fingerprint density at radius 3 is 2.78 bits per heavy atom. The maximum Gasteiger partial charge on any atom is 0.275 e. The van der Waals surface area contributed by atoms with E-state index in [1.807, 2.05) is 26.0 Å². The Balaban J connectivity index is 1.31. The van der Waals surface area contributed by atoms with Crippen molar-refractivity contribution in [2.45, 2.75) is 46.1 Å². The molecular weight excluding hydrogens is 498 g/mol. The van der Waals surface area contributed by atoms with Gasteiger partial charge in [-0.3, -0.25) is 9.59 Å². The zero-order valence-corrected chi connectivity index (χ0v) is 21.4. The van der Waals surface area contributed by atoms with Crippen molar-refractivity contribution in [2.24, 2.45) is 0 Å². The minimum Gasteiger partial charge on any atom is -0.490 e. The molecule has 0 aliphatic heterocycles. The van der Waals surface area contributed by atoms with Crippen molar-refractivity contribution in [1.29, 1.82) is 0 Å². The number of rotatable bonds is 6. The summed E-state index contributed by atoms with van der Waals surface area (Å²) >= 11 is 2.97. The van der Waals surface area contributed by atoms with Crippen LogP contribution in [0.4, 0.5) is 0 Å². The monoisotopic (exact) mass is 521 g/mol. The Morgan fingerprint density at radius 2 is 1.92 bits per heavy atom. The minimum absolute atomic E-state index is 0.0984. The third kappa shape index (κ3) is 4.07. The first kappa shape index (κ1) is 22.9. The number of hydrogen-bond donors (Lipinski definition) is 1. The van der Waals surface area contributed by atoms with Crippen LogP contribution in [0.3, 0.4) is 0 Å². The molecule has 5 aromatic rings. The number of ether oxygens (including phenoxy) is 2. The van der Waals surface area contributed by atoms with Gasteiger partial charge in [0.25, 0.3) is 11.1 Å². The first-order valence-electron chi connectivity index (χ1n) is 11.8. The molecule has 1 N–H and O–H groups in total. The van der Waals surface area contributed by atoms with Crippen LogP contribution in [0.2, 0.25) is 0 Å². The van der Waals surface area contributed by atoms with Crippen molar-refractivity contribution < 1.29 is 9.47 Å². The lowest BCUT2D eigenvalue weighted by Crippen LogP contribution is -2.16. The summed E-state index contributed by atoms with van der Waals surface area (Å²) < 4.78 is 13.1. The smallest absolute Gasteiger partial charge is 0.275 e. The van der Waals surface area contributed by atoms with Crippen LogP contribution >= 0.6 is 22.7 Å². The van der Waals surface area contributed by atoms with E-state index in [1.165, 1.54) is 32.4 Å². The van der Waals surface area contributed by atoms with Crippen molar-refractivity contribution in [3.8, 4) is 22.9 Å². The van der Waals surface area contributed by atoms with Gasteiger partial charge < -0.3 is 14.5 Å². The molecule has 0 fully saturated rings. The first-order valence-corrected chi connectivity index (χ1v) is 13.4. The third-order valence-corrected chi connectivity index (χ3v) is 8.13. The SMILES string of the molecule is CCOc1cc(-c2nc3sc4c(c3c(=O)[nH]2)CCCC4)ccc1OCc1cc(=O)n2nc(C)sc2n1. The molecule has 0 unspecified atom stereocenters. The Bertz CT molecular complexity index is 1730. The average molecular weight is 522 g/mol. The van der Waals surface area contributed by atoms with Gasteiger partial charge >= 0.3 is 0 Å². The molecule has 1 aromatic carbocycles. The molecule has 4 heterocycles. The van der Waals surface area contributed by atoms with E-state index in [1.54, 1.807) is 17.4 Å². The number of aromatic nitrogens is 5. The van der Waals surface area contributed by atoms with E-state index >= 15 is 0 Å². The largest absolute Gasteiger partial charge is 0.490 e. The number of benzene rings is 1. The van der Waals surface area contributed by atoms with Crippen molar-refractivity contribution >= 4 is 37.9 Å². The number of nitrogens with one attached hydrogen (secondary N) is 1. The van der Waals surface area contributed by atoms with E-state index in [2.05, 4.69) is 15.1 Å². The molecule has 0 spiro atoms. The minimum atomic E-state index is -0.246. The molecule has 11 heteroatoms. The Morgan fingerprint density at radius 1 is 1.06 bits per heavy atom. The van der Waals surface area contributed by atoms with Crippen LogP contribution in [0.5, 0.6) is 11.5 Å². The van der Waals surface area contributed by atoms with Crippen LogP contribution in [0, 0.1) is 6.92 Å². The highest BCUT2D eigenvalue weighted by atomic mass is 32.1. The van der Waals surface area contributed by atoms with Gasteiger partial charge in [-0.1, -0.05) is 11.3 Å². The van der Waals surface area contributed by atoms with Gasteiger partial charge in [0.05, 0.1) is 17.7 Å². The third-order valence-electron chi connectivity index (χ3n) is 6.12. The lowest BCUT2D eigenvalue weighted by atomic mass is 9.97. The molecule has 0 atom stereocenters. The van der Waals surface area contributed by atoms with Gasteiger partial charge in [-0.2, -0.15) is 9.61 Å². The zero-order chi connectivity index (χ0) is 24.8. The van der Waals surface area contributed by atoms with Gasteiger partial charge in [0.15, 0.2) is 11.5 Å². The second kappa shape index (κ2) is 9.14. The van der Waals surface area contributed by atoms with Crippen molar-refractivity contribution in [2.75, 3.05) is 6.61 Å². The van der Waals surface area contributed by atoms with Crippen LogP contribution in [-0.2, 0) is 19.4 Å². The number of thiophene rings is 1. The summed E-state index contributed by atoms with van der Waals surface area (Å²) in [5.41, 5.74) is 2.06. The summed E-state index contributed by atoms with van der Waals surface area (Å²) in [5.74, 6) is 1.53. The van der Waals surface area contributed by atoms with Crippen molar-refractivity contribution in [3.63, 3.8) is 0 Å². The summed E-state index contributed by atoms with van der Waals surface area (Å²) in [5, 5.41) is 5.66. The highest BCUT2D eigenvalue weighted by Crippen LogP contribution is 2.36. The predicted molar refractivity (Wildman–Crippen MR) is 140 cm³/mol. The number of aryl methyl sites for hydroxylation is 3. The fraction of sp³-hybridized carbons (Fsp3) is 0.320. The normalized spacial score (nSPS) is 13.3. The molecular formula is C25H23N5O4S2. The van der Waals surface area contributed by atoms with E-state index in [4.69, 9.17) is 14.5 Å². The van der Waals surface area contributed by atoms with Crippen LogP contribution in [0.15, 0.2) is 33.9 Å². The Hall–Kier alpha value is -3.57. The quantitative estimate of drug-likeness (QED) is 0.355. The number of hydrogen-bond acceptors (Lipinski definition) is 9. The topological polar surface area (TPSA) is 111 Å². The van der Waals surface area contributed by atoms with E-state index in [-0.39, 0.29) is 17.7 Å². The highest BCUT2D eigenvalue weighted by Gasteiger charge is 2.20. The fourth-order valence-electron chi connectivity index (χ4n) is 4.52. The Labute approximate surface area is 213 Å². The van der Waals surface area contributed by atoms with Crippen LogP contribution in [-0.4, -0.2) is 31.2 Å². The number of aromatic amines is 1. The van der Waals surface area contributed by atoms with Crippen molar-refractivity contribution in [1.82, 2.24) is 24.6 Å². The van der Waals surface area contributed by atoms with E-state index in [0.29, 0.717) is 34.6 Å². The second-order valence-electron chi connectivity index (χ2n) is 8.59. The van der Waals surface area contributed by atoms with Gasteiger partial charge in [-0.05, 0) is 63.3 Å². The zero-order valence-electron chi connectivity index (χ0n) is 19.8. The fourth-order valence-corrected chi connectivity index (χ4v) is 6.55. The van der Waals surface area contributed by atoms with Gasteiger partial charge in [-0.25, -0.2) is 9.97 Å². The molecule has 184 valence electrons. The summed E-state index contributed by atoms with van der Waals surface area (Å²) in [6.07, 6.45) is 4.23. The van der Waals surface area contributed by atoms with Crippen molar-refractivity contribution in [3.05, 3.63) is 66.1 Å². The van der Waals surface area contributed by atoms with Crippen LogP contribution in [0.25, 0.3) is 26.6 Å². The highest BCUT2D eigenvalue weighted by molar-refractivity contribution is 7.18. The van der Waals surface area contributed by atoms with Gasteiger partial charge in [-0.15, -0.1) is 11.3 Å².